The molecule has 0 bridgehead atoms. The summed E-state index contributed by atoms with van der Waals surface area (Å²) in [5.41, 5.74) is 0. The van der Waals surface area contributed by atoms with Crippen LogP contribution in [0.1, 0.15) is 25.7 Å². The highest BCUT2D eigenvalue weighted by Crippen LogP contribution is 2.51. The van der Waals surface area contributed by atoms with Gasteiger partial charge in [-0.1, -0.05) is 12.8 Å². The zero-order valence-electron chi connectivity index (χ0n) is 6.88. The molecule has 62 valence electrons. The van der Waals surface area contributed by atoms with Gasteiger partial charge in [0.05, 0.1) is 13.0 Å². The molecule has 2 aliphatic rings. The Morgan fingerprint density at radius 1 is 1.45 bits per heavy atom. The summed E-state index contributed by atoms with van der Waals surface area (Å²) in [4.78, 5) is 11.1. The normalized spacial score (nSPS) is 41.0. The molecule has 0 aromatic heterocycles. The van der Waals surface area contributed by atoms with Crippen LogP contribution in [-0.4, -0.2) is 13.1 Å². The lowest BCUT2D eigenvalue weighted by atomic mass is 9.67. The minimum Gasteiger partial charge on any atom is -0.469 e. The zero-order chi connectivity index (χ0) is 7.84. The smallest absolute Gasteiger partial charge is 0.308 e. The van der Waals surface area contributed by atoms with E-state index >= 15 is 0 Å². The average Bonchev–Trinajstić information content (AvgIpc) is 2.32. The molecule has 3 atom stereocenters. The number of carbonyl (C=O) groups excluding carboxylic acids is 1. The number of ether oxygens (including phenoxy) is 1. The van der Waals surface area contributed by atoms with Crippen molar-refractivity contribution in [1.29, 1.82) is 0 Å². The fourth-order valence-electron chi connectivity index (χ4n) is 2.62. The van der Waals surface area contributed by atoms with Crippen molar-refractivity contribution in [3.63, 3.8) is 0 Å². The van der Waals surface area contributed by atoms with Crippen molar-refractivity contribution in [2.24, 2.45) is 17.8 Å². The highest BCUT2D eigenvalue weighted by molar-refractivity contribution is 5.73. The fraction of sp³-hybridized carbons (Fsp3) is 0.889. The first-order chi connectivity index (χ1) is 5.33. The van der Waals surface area contributed by atoms with Gasteiger partial charge in [0.2, 0.25) is 0 Å². The maximum absolute atomic E-state index is 11.1. The largest absolute Gasteiger partial charge is 0.469 e. The molecule has 0 spiro atoms. The van der Waals surface area contributed by atoms with Crippen molar-refractivity contribution in [2.45, 2.75) is 25.7 Å². The van der Waals surface area contributed by atoms with E-state index in [1.807, 2.05) is 0 Å². The Labute approximate surface area is 66.9 Å². The van der Waals surface area contributed by atoms with Gasteiger partial charge in [0.15, 0.2) is 0 Å². The van der Waals surface area contributed by atoms with Gasteiger partial charge in [0.1, 0.15) is 0 Å². The monoisotopic (exact) mass is 154 g/mol. The summed E-state index contributed by atoms with van der Waals surface area (Å²) in [6.07, 6.45) is 5.02. The Bertz CT molecular complexity index is 176. The van der Waals surface area contributed by atoms with Crippen LogP contribution in [0.4, 0.5) is 0 Å². The van der Waals surface area contributed by atoms with Gasteiger partial charge in [0, 0.05) is 0 Å². The predicted molar refractivity (Wildman–Crippen MR) is 41.0 cm³/mol. The first kappa shape index (κ1) is 7.14. The van der Waals surface area contributed by atoms with Crippen LogP contribution in [0.25, 0.3) is 0 Å². The molecule has 3 unspecified atom stereocenters. The molecule has 2 aliphatic carbocycles. The number of hydrogen-bond acceptors (Lipinski definition) is 2. The van der Waals surface area contributed by atoms with E-state index in [2.05, 4.69) is 0 Å². The van der Waals surface area contributed by atoms with Crippen LogP contribution in [0.5, 0.6) is 0 Å². The van der Waals surface area contributed by atoms with Crippen LogP contribution in [0.15, 0.2) is 0 Å². The second kappa shape index (κ2) is 2.50. The van der Waals surface area contributed by atoms with Crippen molar-refractivity contribution in [3.8, 4) is 0 Å². The Morgan fingerprint density at radius 2 is 2.27 bits per heavy atom. The topological polar surface area (TPSA) is 26.3 Å². The van der Waals surface area contributed by atoms with Gasteiger partial charge in [-0.2, -0.15) is 0 Å². The minimum absolute atomic E-state index is 0.0214. The molecule has 2 heteroatoms. The van der Waals surface area contributed by atoms with Crippen LogP contribution in [-0.2, 0) is 9.53 Å². The van der Waals surface area contributed by atoms with Gasteiger partial charge < -0.3 is 4.74 Å². The molecule has 2 nitrogen and oxygen atoms in total. The summed E-state index contributed by atoms with van der Waals surface area (Å²) >= 11 is 0. The third-order valence-electron chi connectivity index (χ3n) is 3.30. The molecular weight excluding hydrogens is 140 g/mol. The van der Waals surface area contributed by atoms with Gasteiger partial charge >= 0.3 is 5.97 Å². The van der Waals surface area contributed by atoms with Crippen molar-refractivity contribution >= 4 is 5.97 Å². The minimum atomic E-state index is 0.0214. The standard InChI is InChI=1S/C9H14O2/c1-11-9(10)8-5-6-3-2-4-7(6)8/h6-8H,2-5H2,1H3. The van der Waals surface area contributed by atoms with E-state index in [9.17, 15) is 4.79 Å². The fourth-order valence-corrected chi connectivity index (χ4v) is 2.62. The van der Waals surface area contributed by atoms with Crippen molar-refractivity contribution in [1.82, 2.24) is 0 Å². The van der Waals surface area contributed by atoms with Crippen LogP contribution in [0, 0.1) is 17.8 Å². The maximum Gasteiger partial charge on any atom is 0.308 e. The first-order valence-electron chi connectivity index (χ1n) is 4.40. The van der Waals surface area contributed by atoms with E-state index in [4.69, 9.17) is 4.74 Å². The Hall–Kier alpha value is -0.530. The molecule has 11 heavy (non-hydrogen) atoms. The maximum atomic E-state index is 11.1. The van der Waals surface area contributed by atoms with E-state index in [-0.39, 0.29) is 11.9 Å². The van der Waals surface area contributed by atoms with Crippen molar-refractivity contribution < 1.29 is 9.53 Å². The number of esters is 1. The Kier molecular flexibility index (Phi) is 1.63. The first-order valence-corrected chi connectivity index (χ1v) is 4.40. The van der Waals surface area contributed by atoms with Gasteiger partial charge in [-0.05, 0) is 24.7 Å². The molecular formula is C9H14O2. The second-order valence-corrected chi connectivity index (χ2v) is 3.72. The van der Waals surface area contributed by atoms with Gasteiger partial charge in [-0.25, -0.2) is 0 Å². The highest BCUT2D eigenvalue weighted by Gasteiger charge is 2.47. The molecule has 0 radical (unpaired) electrons. The average molecular weight is 154 g/mol. The Balaban J connectivity index is 1.94. The predicted octanol–water partition coefficient (Wildman–Crippen LogP) is 1.60. The molecule has 2 saturated carbocycles. The molecule has 0 amide bonds. The second-order valence-electron chi connectivity index (χ2n) is 3.72. The van der Waals surface area contributed by atoms with E-state index in [1.54, 1.807) is 0 Å². The molecule has 0 aromatic rings. The number of carbonyl (C=O) groups is 1. The van der Waals surface area contributed by atoms with E-state index < -0.39 is 0 Å². The molecule has 0 aromatic carbocycles. The molecule has 2 rings (SSSR count). The van der Waals surface area contributed by atoms with Crippen LogP contribution in [0.3, 0.4) is 0 Å². The zero-order valence-corrected chi connectivity index (χ0v) is 6.88. The molecule has 0 heterocycles. The lowest BCUT2D eigenvalue weighted by Gasteiger charge is -2.38. The molecule has 0 aliphatic heterocycles. The number of methoxy groups -OCH3 is 1. The summed E-state index contributed by atoms with van der Waals surface area (Å²) in [5, 5.41) is 0. The van der Waals surface area contributed by atoms with Crippen molar-refractivity contribution in [3.05, 3.63) is 0 Å². The van der Waals surface area contributed by atoms with Crippen LogP contribution >= 0.6 is 0 Å². The highest BCUT2D eigenvalue weighted by atomic mass is 16.5. The summed E-state index contributed by atoms with van der Waals surface area (Å²) < 4.78 is 4.72. The van der Waals surface area contributed by atoms with E-state index in [0.717, 1.165) is 12.3 Å². The van der Waals surface area contributed by atoms with Gasteiger partial charge in [0.25, 0.3) is 0 Å². The lowest BCUT2D eigenvalue weighted by Crippen LogP contribution is -2.38. The molecule has 2 fully saturated rings. The Morgan fingerprint density at radius 3 is 2.91 bits per heavy atom. The molecule has 0 N–H and O–H groups in total. The summed E-state index contributed by atoms with van der Waals surface area (Å²) in [6.45, 7) is 0. The number of fused-ring (bicyclic) bond motifs is 1. The molecule has 0 saturated heterocycles. The van der Waals surface area contributed by atoms with Gasteiger partial charge in [-0.3, -0.25) is 4.79 Å². The SMILES string of the molecule is COC(=O)C1CC2CCCC21. The third-order valence-corrected chi connectivity index (χ3v) is 3.30. The lowest BCUT2D eigenvalue weighted by molar-refractivity contribution is -0.153. The van der Waals surface area contributed by atoms with Gasteiger partial charge in [-0.15, -0.1) is 0 Å². The summed E-state index contributed by atoms with van der Waals surface area (Å²) in [7, 11) is 1.49. The number of hydrogen-bond donors (Lipinski definition) is 0. The van der Waals surface area contributed by atoms with Crippen LogP contribution in [0.2, 0.25) is 0 Å². The number of rotatable bonds is 1. The van der Waals surface area contributed by atoms with Crippen LogP contribution < -0.4 is 0 Å². The van der Waals surface area contributed by atoms with Crippen molar-refractivity contribution in [2.75, 3.05) is 7.11 Å². The van der Waals surface area contributed by atoms with E-state index in [1.165, 1.54) is 26.4 Å². The van der Waals surface area contributed by atoms with E-state index in [0.29, 0.717) is 5.92 Å². The summed E-state index contributed by atoms with van der Waals surface area (Å²) in [6, 6.07) is 0. The summed E-state index contributed by atoms with van der Waals surface area (Å²) in [5.74, 6) is 1.82. The third kappa shape index (κ3) is 0.959. The quantitative estimate of drug-likeness (QED) is 0.536.